The number of benzene rings is 2. The van der Waals surface area contributed by atoms with Gasteiger partial charge in [0.2, 0.25) is 5.91 Å². The maximum atomic E-state index is 12.7. The number of carboxylic acids is 1. The van der Waals surface area contributed by atoms with Crippen molar-refractivity contribution in [3.8, 4) is 11.1 Å². The molecule has 34 heavy (non-hydrogen) atoms. The standard InChI is InChI=1S/C27H34N2O5/c1-17(2)14-24(26(32)28-15-18(3)12-13-25(30)31)29-27(33)34-16-23-21-10-6-4-8-19(21)20-9-5-7-11-22(20)23/h4-11,17-18,23-24H,12-16H2,1-3H3,(H,28,32)(H,29,33)(H,30,31)/t18?,24-/m1/s1. The van der Waals surface area contributed by atoms with E-state index in [0.717, 1.165) is 22.3 Å². The molecule has 2 aromatic carbocycles. The number of carboxylic acid groups (broad SMARTS) is 1. The topological polar surface area (TPSA) is 105 Å². The van der Waals surface area contributed by atoms with Gasteiger partial charge in [-0.15, -0.1) is 0 Å². The van der Waals surface area contributed by atoms with E-state index in [1.165, 1.54) is 0 Å². The van der Waals surface area contributed by atoms with Crippen molar-refractivity contribution in [1.29, 1.82) is 0 Å². The Morgan fingerprint density at radius 3 is 2.12 bits per heavy atom. The molecule has 1 unspecified atom stereocenters. The maximum Gasteiger partial charge on any atom is 0.407 e. The summed E-state index contributed by atoms with van der Waals surface area (Å²) in [6.07, 6.45) is 0.385. The van der Waals surface area contributed by atoms with Gasteiger partial charge >= 0.3 is 12.1 Å². The van der Waals surface area contributed by atoms with Gasteiger partial charge in [-0.1, -0.05) is 69.3 Å². The van der Waals surface area contributed by atoms with Gasteiger partial charge in [-0.05, 0) is 46.9 Å². The van der Waals surface area contributed by atoms with Gasteiger partial charge in [-0.25, -0.2) is 4.79 Å². The summed E-state index contributed by atoms with van der Waals surface area (Å²) in [7, 11) is 0. The van der Waals surface area contributed by atoms with E-state index in [2.05, 4.69) is 34.9 Å². The molecule has 0 saturated heterocycles. The first-order chi connectivity index (χ1) is 16.3. The average molecular weight is 467 g/mol. The highest BCUT2D eigenvalue weighted by Crippen LogP contribution is 2.44. The average Bonchev–Trinajstić information content (AvgIpc) is 3.13. The van der Waals surface area contributed by atoms with Crippen LogP contribution in [0.5, 0.6) is 0 Å². The van der Waals surface area contributed by atoms with Crippen LogP contribution >= 0.6 is 0 Å². The Balaban J connectivity index is 1.58. The highest BCUT2D eigenvalue weighted by Gasteiger charge is 2.30. The molecule has 0 aromatic heterocycles. The molecule has 0 fully saturated rings. The Kier molecular flexibility index (Phi) is 8.68. The summed E-state index contributed by atoms with van der Waals surface area (Å²) in [4.78, 5) is 36.1. The number of nitrogens with one attached hydrogen (secondary N) is 2. The summed E-state index contributed by atoms with van der Waals surface area (Å²) in [5.74, 6) is -0.981. The first-order valence-electron chi connectivity index (χ1n) is 11.9. The van der Waals surface area contributed by atoms with Crippen molar-refractivity contribution in [3.05, 3.63) is 59.7 Å². The van der Waals surface area contributed by atoms with Gasteiger partial charge < -0.3 is 20.5 Å². The van der Waals surface area contributed by atoms with E-state index >= 15 is 0 Å². The first kappa shape index (κ1) is 25.3. The molecule has 1 aliphatic carbocycles. The summed E-state index contributed by atoms with van der Waals surface area (Å²) in [6, 6.07) is 15.5. The molecule has 0 saturated carbocycles. The van der Waals surface area contributed by atoms with Crippen LogP contribution in [0.3, 0.4) is 0 Å². The monoisotopic (exact) mass is 466 g/mol. The van der Waals surface area contributed by atoms with E-state index in [0.29, 0.717) is 19.4 Å². The van der Waals surface area contributed by atoms with E-state index < -0.39 is 18.1 Å². The number of alkyl carbamates (subject to hydrolysis) is 1. The molecule has 0 heterocycles. The number of carbonyl (C=O) groups is 3. The quantitative estimate of drug-likeness (QED) is 0.450. The van der Waals surface area contributed by atoms with Crippen molar-refractivity contribution < 1.29 is 24.2 Å². The number of fused-ring (bicyclic) bond motifs is 3. The second-order valence-corrected chi connectivity index (χ2v) is 9.43. The predicted molar refractivity (Wildman–Crippen MR) is 130 cm³/mol. The van der Waals surface area contributed by atoms with Crippen molar-refractivity contribution in [1.82, 2.24) is 10.6 Å². The van der Waals surface area contributed by atoms with E-state index in [-0.39, 0.29) is 36.7 Å². The molecule has 0 spiro atoms. The maximum absolute atomic E-state index is 12.7. The molecule has 0 aliphatic heterocycles. The van der Waals surface area contributed by atoms with Crippen LogP contribution in [0.2, 0.25) is 0 Å². The SMILES string of the molecule is CC(C)C[C@@H](NC(=O)OCC1c2ccccc2-c2ccccc21)C(=O)NCC(C)CCC(=O)O. The van der Waals surface area contributed by atoms with Crippen LogP contribution in [0.4, 0.5) is 4.79 Å². The minimum absolute atomic E-state index is 0.0224. The molecule has 182 valence electrons. The van der Waals surface area contributed by atoms with Crippen LogP contribution in [0.1, 0.15) is 57.1 Å². The van der Waals surface area contributed by atoms with Gasteiger partial charge in [0.05, 0.1) is 0 Å². The highest BCUT2D eigenvalue weighted by atomic mass is 16.5. The Bertz CT molecular complexity index is 974. The first-order valence-corrected chi connectivity index (χ1v) is 11.9. The predicted octanol–water partition coefficient (Wildman–Crippen LogP) is 4.56. The van der Waals surface area contributed by atoms with E-state index in [4.69, 9.17) is 9.84 Å². The Morgan fingerprint density at radius 1 is 0.971 bits per heavy atom. The number of ether oxygens (including phenoxy) is 1. The largest absolute Gasteiger partial charge is 0.481 e. The van der Waals surface area contributed by atoms with Gasteiger partial charge in [0.15, 0.2) is 0 Å². The Morgan fingerprint density at radius 2 is 1.56 bits per heavy atom. The van der Waals surface area contributed by atoms with Crippen LogP contribution < -0.4 is 10.6 Å². The number of carbonyl (C=O) groups excluding carboxylic acids is 2. The Labute approximate surface area is 200 Å². The van der Waals surface area contributed by atoms with Crippen molar-refractivity contribution in [3.63, 3.8) is 0 Å². The Hall–Kier alpha value is -3.35. The fourth-order valence-electron chi connectivity index (χ4n) is 4.36. The number of hydrogen-bond donors (Lipinski definition) is 3. The molecule has 3 N–H and O–H groups in total. The summed E-state index contributed by atoms with van der Waals surface area (Å²) in [5.41, 5.74) is 4.56. The molecule has 0 radical (unpaired) electrons. The molecular formula is C27H34N2O5. The molecule has 2 aromatic rings. The summed E-state index contributed by atoms with van der Waals surface area (Å²) in [5, 5.41) is 14.4. The molecular weight excluding hydrogens is 432 g/mol. The highest BCUT2D eigenvalue weighted by molar-refractivity contribution is 5.85. The van der Waals surface area contributed by atoms with Crippen LogP contribution in [0.15, 0.2) is 48.5 Å². The van der Waals surface area contributed by atoms with Crippen LogP contribution in [-0.2, 0) is 14.3 Å². The number of amides is 2. The second kappa shape index (κ2) is 11.7. The van der Waals surface area contributed by atoms with Gasteiger partial charge in [0, 0.05) is 18.9 Å². The van der Waals surface area contributed by atoms with E-state index in [1.807, 2.05) is 45.0 Å². The van der Waals surface area contributed by atoms with Crippen LogP contribution in [0, 0.1) is 11.8 Å². The smallest absolute Gasteiger partial charge is 0.407 e. The minimum atomic E-state index is -0.854. The van der Waals surface area contributed by atoms with Crippen molar-refractivity contribution in [2.75, 3.05) is 13.2 Å². The van der Waals surface area contributed by atoms with Crippen molar-refractivity contribution in [2.24, 2.45) is 11.8 Å². The molecule has 7 heteroatoms. The zero-order chi connectivity index (χ0) is 24.7. The molecule has 3 rings (SSSR count). The second-order valence-electron chi connectivity index (χ2n) is 9.43. The van der Waals surface area contributed by atoms with Crippen LogP contribution in [-0.4, -0.2) is 42.3 Å². The summed E-state index contributed by atoms with van der Waals surface area (Å²) < 4.78 is 5.60. The number of rotatable bonds is 11. The zero-order valence-electron chi connectivity index (χ0n) is 20.0. The van der Waals surface area contributed by atoms with E-state index in [9.17, 15) is 14.4 Å². The molecule has 1 aliphatic rings. The number of aliphatic carboxylic acids is 1. The third kappa shape index (κ3) is 6.59. The lowest BCUT2D eigenvalue weighted by atomic mass is 9.98. The van der Waals surface area contributed by atoms with Gasteiger partial charge in [-0.2, -0.15) is 0 Å². The third-order valence-corrected chi connectivity index (χ3v) is 6.14. The van der Waals surface area contributed by atoms with Crippen molar-refractivity contribution >= 4 is 18.0 Å². The van der Waals surface area contributed by atoms with Crippen LogP contribution in [0.25, 0.3) is 11.1 Å². The number of hydrogen-bond acceptors (Lipinski definition) is 4. The minimum Gasteiger partial charge on any atom is -0.481 e. The lowest BCUT2D eigenvalue weighted by molar-refractivity contribution is -0.137. The van der Waals surface area contributed by atoms with Crippen molar-refractivity contribution in [2.45, 2.75) is 52.0 Å². The zero-order valence-corrected chi connectivity index (χ0v) is 20.0. The van der Waals surface area contributed by atoms with Gasteiger partial charge in [0.25, 0.3) is 0 Å². The molecule has 0 bridgehead atoms. The molecule has 7 nitrogen and oxygen atoms in total. The fourth-order valence-corrected chi connectivity index (χ4v) is 4.36. The normalized spacial score (nSPS) is 14.1. The molecule has 2 atom stereocenters. The fraction of sp³-hybridized carbons (Fsp3) is 0.444. The van der Waals surface area contributed by atoms with Gasteiger partial charge in [0.1, 0.15) is 12.6 Å². The summed E-state index contributed by atoms with van der Waals surface area (Å²) >= 11 is 0. The lowest BCUT2D eigenvalue weighted by Gasteiger charge is -2.22. The third-order valence-electron chi connectivity index (χ3n) is 6.14. The molecule has 2 amide bonds. The lowest BCUT2D eigenvalue weighted by Crippen LogP contribution is -2.48. The summed E-state index contributed by atoms with van der Waals surface area (Å²) in [6.45, 7) is 6.39. The van der Waals surface area contributed by atoms with E-state index in [1.54, 1.807) is 0 Å². The van der Waals surface area contributed by atoms with Gasteiger partial charge in [-0.3, -0.25) is 9.59 Å².